The van der Waals surface area contributed by atoms with Crippen molar-refractivity contribution in [3.05, 3.63) is 0 Å². The van der Waals surface area contributed by atoms with Crippen molar-refractivity contribution >= 4 is 6.03 Å². The fraction of sp³-hybridized carbons (Fsp3) is 0.700. The summed E-state index contributed by atoms with van der Waals surface area (Å²) in [5.41, 5.74) is 0. The summed E-state index contributed by atoms with van der Waals surface area (Å²) in [5, 5.41) is 5.51. The summed E-state index contributed by atoms with van der Waals surface area (Å²) >= 11 is 0. The Morgan fingerprint density at radius 3 is 2.92 bits per heavy atom. The van der Waals surface area contributed by atoms with Crippen LogP contribution in [0.1, 0.15) is 26.2 Å². The molecule has 0 spiro atoms. The molecule has 2 atom stereocenters. The van der Waals surface area contributed by atoms with E-state index in [2.05, 4.69) is 23.5 Å². The van der Waals surface area contributed by atoms with Gasteiger partial charge < -0.3 is 10.6 Å². The monoisotopic (exact) mass is 180 g/mol. The lowest BCUT2D eigenvalue weighted by atomic mass is 10.1. The Bertz CT molecular complexity index is 219. The molecule has 0 aliphatic heterocycles. The Kier molecular flexibility index (Phi) is 3.63. The van der Waals surface area contributed by atoms with E-state index in [1.807, 2.05) is 0 Å². The van der Waals surface area contributed by atoms with E-state index in [9.17, 15) is 4.79 Å². The number of rotatable bonds is 2. The van der Waals surface area contributed by atoms with E-state index in [0.717, 1.165) is 6.42 Å². The van der Waals surface area contributed by atoms with Gasteiger partial charge in [0.15, 0.2) is 0 Å². The summed E-state index contributed by atoms with van der Waals surface area (Å²) < 4.78 is 0. The van der Waals surface area contributed by atoms with Gasteiger partial charge in [-0.15, -0.1) is 6.42 Å². The Labute approximate surface area is 79.3 Å². The van der Waals surface area contributed by atoms with Crippen molar-refractivity contribution in [2.24, 2.45) is 5.92 Å². The summed E-state index contributed by atoms with van der Waals surface area (Å²) in [7, 11) is 0. The minimum absolute atomic E-state index is 0.142. The zero-order valence-corrected chi connectivity index (χ0v) is 7.97. The van der Waals surface area contributed by atoms with Gasteiger partial charge in [0.2, 0.25) is 0 Å². The number of hydrogen-bond acceptors (Lipinski definition) is 1. The minimum atomic E-state index is -0.142. The van der Waals surface area contributed by atoms with Crippen LogP contribution in [0.15, 0.2) is 0 Å². The third kappa shape index (κ3) is 2.98. The maximum Gasteiger partial charge on any atom is 0.315 e. The van der Waals surface area contributed by atoms with E-state index in [1.165, 1.54) is 12.8 Å². The molecule has 2 N–H and O–H groups in total. The lowest BCUT2D eigenvalue weighted by molar-refractivity contribution is 0.235. The van der Waals surface area contributed by atoms with Gasteiger partial charge >= 0.3 is 6.03 Å². The summed E-state index contributed by atoms with van der Waals surface area (Å²) in [6.07, 6.45) is 8.53. The Balaban J connectivity index is 2.24. The fourth-order valence-electron chi connectivity index (χ4n) is 1.71. The van der Waals surface area contributed by atoms with Crippen LogP contribution in [-0.2, 0) is 0 Å². The van der Waals surface area contributed by atoms with E-state index >= 15 is 0 Å². The predicted octanol–water partition coefficient (Wildman–Crippen LogP) is 1.11. The van der Waals surface area contributed by atoms with Gasteiger partial charge in [-0.25, -0.2) is 4.79 Å². The van der Waals surface area contributed by atoms with Gasteiger partial charge in [0.1, 0.15) is 0 Å². The first kappa shape index (κ1) is 9.91. The second kappa shape index (κ2) is 4.76. The lowest BCUT2D eigenvalue weighted by Crippen LogP contribution is -2.43. The number of terminal acetylenes is 1. The van der Waals surface area contributed by atoms with Gasteiger partial charge in [-0.3, -0.25) is 0 Å². The van der Waals surface area contributed by atoms with E-state index in [4.69, 9.17) is 6.42 Å². The molecule has 1 saturated carbocycles. The highest BCUT2D eigenvalue weighted by molar-refractivity contribution is 5.74. The molecule has 2 unspecified atom stereocenters. The van der Waals surface area contributed by atoms with Crippen LogP contribution in [0.25, 0.3) is 0 Å². The SMILES string of the molecule is C#CCNC(=O)NC1CCCC1C. The van der Waals surface area contributed by atoms with Crippen molar-refractivity contribution in [2.75, 3.05) is 6.54 Å². The molecule has 3 nitrogen and oxygen atoms in total. The molecular formula is C10H16N2O. The van der Waals surface area contributed by atoms with Gasteiger partial charge in [-0.1, -0.05) is 19.3 Å². The van der Waals surface area contributed by atoms with Gasteiger partial charge in [0.25, 0.3) is 0 Å². The Hall–Kier alpha value is -1.17. The number of carbonyl (C=O) groups is 1. The first-order valence-corrected chi connectivity index (χ1v) is 4.72. The molecular weight excluding hydrogens is 164 g/mol. The number of carbonyl (C=O) groups excluding carboxylic acids is 1. The maximum absolute atomic E-state index is 11.2. The molecule has 1 aliphatic carbocycles. The molecule has 1 aliphatic rings. The third-order valence-electron chi connectivity index (χ3n) is 2.53. The third-order valence-corrected chi connectivity index (χ3v) is 2.53. The molecule has 1 fully saturated rings. The van der Waals surface area contributed by atoms with Crippen LogP contribution in [0, 0.1) is 18.3 Å². The van der Waals surface area contributed by atoms with Crippen LogP contribution < -0.4 is 10.6 Å². The van der Waals surface area contributed by atoms with Crippen LogP contribution in [-0.4, -0.2) is 18.6 Å². The molecule has 0 heterocycles. The summed E-state index contributed by atoms with van der Waals surface area (Å²) in [4.78, 5) is 11.2. The van der Waals surface area contributed by atoms with Gasteiger partial charge in [0, 0.05) is 6.04 Å². The fourth-order valence-corrected chi connectivity index (χ4v) is 1.71. The van der Waals surface area contributed by atoms with Crippen molar-refractivity contribution in [2.45, 2.75) is 32.2 Å². The zero-order valence-electron chi connectivity index (χ0n) is 7.97. The molecule has 0 aromatic heterocycles. The normalized spacial score (nSPS) is 26.5. The van der Waals surface area contributed by atoms with Crippen molar-refractivity contribution < 1.29 is 4.79 Å². The average molecular weight is 180 g/mol. The Morgan fingerprint density at radius 2 is 2.38 bits per heavy atom. The highest BCUT2D eigenvalue weighted by Gasteiger charge is 2.24. The molecule has 2 amide bonds. The molecule has 0 bridgehead atoms. The summed E-state index contributed by atoms with van der Waals surface area (Å²) in [6, 6.07) is 0.189. The average Bonchev–Trinajstić information content (AvgIpc) is 2.48. The highest BCUT2D eigenvalue weighted by atomic mass is 16.2. The van der Waals surface area contributed by atoms with Gasteiger partial charge in [0.05, 0.1) is 6.54 Å². The second-order valence-electron chi connectivity index (χ2n) is 3.55. The second-order valence-corrected chi connectivity index (χ2v) is 3.55. The number of urea groups is 1. The van der Waals surface area contributed by atoms with E-state index in [1.54, 1.807) is 0 Å². The minimum Gasteiger partial charge on any atom is -0.335 e. The quantitative estimate of drug-likeness (QED) is 0.614. The smallest absolute Gasteiger partial charge is 0.315 e. The molecule has 0 aromatic rings. The first-order valence-electron chi connectivity index (χ1n) is 4.72. The molecule has 13 heavy (non-hydrogen) atoms. The number of nitrogens with one attached hydrogen (secondary N) is 2. The van der Waals surface area contributed by atoms with Crippen molar-refractivity contribution in [1.29, 1.82) is 0 Å². The van der Waals surface area contributed by atoms with Crippen LogP contribution in [0.2, 0.25) is 0 Å². The predicted molar refractivity (Wildman–Crippen MR) is 52.2 cm³/mol. The Morgan fingerprint density at radius 1 is 1.62 bits per heavy atom. The van der Waals surface area contributed by atoms with Crippen molar-refractivity contribution in [3.63, 3.8) is 0 Å². The molecule has 0 saturated heterocycles. The van der Waals surface area contributed by atoms with Gasteiger partial charge in [-0.2, -0.15) is 0 Å². The number of hydrogen-bond donors (Lipinski definition) is 2. The van der Waals surface area contributed by atoms with Crippen LogP contribution in [0.4, 0.5) is 4.79 Å². The van der Waals surface area contributed by atoms with Crippen molar-refractivity contribution in [1.82, 2.24) is 10.6 Å². The molecule has 0 radical (unpaired) electrons. The van der Waals surface area contributed by atoms with Crippen LogP contribution in [0.5, 0.6) is 0 Å². The summed E-state index contributed by atoms with van der Waals surface area (Å²) in [5.74, 6) is 2.96. The molecule has 1 rings (SSSR count). The van der Waals surface area contributed by atoms with Crippen LogP contribution >= 0.6 is 0 Å². The van der Waals surface area contributed by atoms with Gasteiger partial charge in [-0.05, 0) is 18.8 Å². The van der Waals surface area contributed by atoms with Crippen molar-refractivity contribution in [3.8, 4) is 12.3 Å². The highest BCUT2D eigenvalue weighted by Crippen LogP contribution is 2.24. The standard InChI is InChI=1S/C10H16N2O/c1-3-7-11-10(13)12-9-6-4-5-8(9)2/h1,8-9H,4-7H2,2H3,(H2,11,12,13). The molecule has 0 aromatic carbocycles. The van der Waals surface area contributed by atoms with E-state index < -0.39 is 0 Å². The molecule has 72 valence electrons. The summed E-state index contributed by atoms with van der Waals surface area (Å²) in [6.45, 7) is 2.46. The van der Waals surface area contributed by atoms with Crippen LogP contribution in [0.3, 0.4) is 0 Å². The topological polar surface area (TPSA) is 41.1 Å². The van der Waals surface area contributed by atoms with E-state index in [0.29, 0.717) is 18.5 Å². The largest absolute Gasteiger partial charge is 0.335 e. The zero-order chi connectivity index (χ0) is 9.68. The van der Waals surface area contributed by atoms with E-state index in [-0.39, 0.29) is 6.03 Å². The maximum atomic E-state index is 11.2. The molecule has 3 heteroatoms. The lowest BCUT2D eigenvalue weighted by Gasteiger charge is -2.16. The number of amides is 2. The first-order chi connectivity index (χ1) is 6.24.